The van der Waals surface area contributed by atoms with Gasteiger partial charge < -0.3 is 14.6 Å². The van der Waals surface area contributed by atoms with Crippen molar-refractivity contribution in [3.63, 3.8) is 0 Å². The lowest BCUT2D eigenvalue weighted by Crippen LogP contribution is -2.33. The standard InChI is InChI=1S/C20H30N4OS/c1-16-8-12-24-17(15-21-9-7-13-26-2)19(22-18(24)14-16)20(25)23-10-5-3-4-6-11-23/h8,12,14,21H,3-7,9-11,13,15H2,1-2H3. The second-order valence-corrected chi connectivity index (χ2v) is 8.05. The number of aromatic nitrogens is 2. The van der Waals surface area contributed by atoms with E-state index < -0.39 is 0 Å². The second-order valence-electron chi connectivity index (χ2n) is 7.07. The fraction of sp³-hybridized carbons (Fsp3) is 0.600. The first-order valence-corrected chi connectivity index (χ1v) is 11.1. The fourth-order valence-electron chi connectivity index (χ4n) is 3.51. The summed E-state index contributed by atoms with van der Waals surface area (Å²) in [7, 11) is 0. The number of thioether (sulfide) groups is 1. The number of nitrogens with zero attached hydrogens (tertiary/aromatic N) is 3. The maximum absolute atomic E-state index is 13.2. The Morgan fingerprint density at radius 2 is 2.04 bits per heavy atom. The van der Waals surface area contributed by atoms with Crippen molar-refractivity contribution in [3.8, 4) is 0 Å². The smallest absolute Gasteiger partial charge is 0.274 e. The molecule has 3 rings (SSSR count). The molecule has 1 fully saturated rings. The first-order valence-electron chi connectivity index (χ1n) is 9.67. The number of aryl methyl sites for hydroxylation is 1. The van der Waals surface area contributed by atoms with Gasteiger partial charge in [-0.1, -0.05) is 12.8 Å². The molecule has 0 bridgehead atoms. The van der Waals surface area contributed by atoms with E-state index in [1.807, 2.05) is 22.9 Å². The number of amides is 1. The molecule has 0 unspecified atom stereocenters. The molecule has 1 saturated heterocycles. The van der Waals surface area contributed by atoms with Crippen LogP contribution >= 0.6 is 11.8 Å². The zero-order chi connectivity index (χ0) is 18.4. The Kier molecular flexibility index (Phi) is 6.97. The zero-order valence-corrected chi connectivity index (χ0v) is 16.8. The van der Waals surface area contributed by atoms with Gasteiger partial charge in [0.25, 0.3) is 5.91 Å². The molecule has 6 heteroatoms. The van der Waals surface area contributed by atoms with Gasteiger partial charge in [-0.3, -0.25) is 4.79 Å². The molecule has 0 saturated carbocycles. The van der Waals surface area contributed by atoms with Crippen LogP contribution in [0, 0.1) is 6.92 Å². The Morgan fingerprint density at radius 1 is 1.27 bits per heavy atom. The highest BCUT2D eigenvalue weighted by Gasteiger charge is 2.24. The molecule has 0 radical (unpaired) electrons. The third-order valence-corrected chi connectivity index (χ3v) is 5.67. The highest BCUT2D eigenvalue weighted by molar-refractivity contribution is 7.98. The van der Waals surface area contributed by atoms with Crippen LogP contribution in [0.25, 0.3) is 5.65 Å². The largest absolute Gasteiger partial charge is 0.337 e. The predicted molar refractivity (Wildman–Crippen MR) is 109 cm³/mol. The van der Waals surface area contributed by atoms with Crippen molar-refractivity contribution in [2.24, 2.45) is 0 Å². The lowest BCUT2D eigenvalue weighted by molar-refractivity contribution is 0.0755. The lowest BCUT2D eigenvalue weighted by Gasteiger charge is -2.19. The Balaban J connectivity index is 1.84. The minimum absolute atomic E-state index is 0.0918. The van der Waals surface area contributed by atoms with Crippen LogP contribution in [-0.2, 0) is 6.54 Å². The van der Waals surface area contributed by atoms with Crippen molar-refractivity contribution >= 4 is 23.3 Å². The average Bonchev–Trinajstić information content (AvgIpc) is 2.81. The average molecular weight is 375 g/mol. The molecule has 5 nitrogen and oxygen atoms in total. The highest BCUT2D eigenvalue weighted by Crippen LogP contribution is 2.19. The summed E-state index contributed by atoms with van der Waals surface area (Å²) in [5.74, 6) is 1.24. The molecule has 142 valence electrons. The number of nitrogens with one attached hydrogen (secondary N) is 1. The van der Waals surface area contributed by atoms with Gasteiger partial charge in [0.05, 0.1) is 5.69 Å². The van der Waals surface area contributed by atoms with Gasteiger partial charge in [0.1, 0.15) is 5.65 Å². The summed E-state index contributed by atoms with van der Waals surface area (Å²) in [6.07, 6.45) is 9.93. The SMILES string of the molecule is CSCCCNCc1c(C(=O)N2CCCCCC2)nc2cc(C)ccn12. The normalized spacial score (nSPS) is 15.4. The molecule has 1 N–H and O–H groups in total. The number of rotatable bonds is 7. The predicted octanol–water partition coefficient (Wildman–Crippen LogP) is 3.50. The Morgan fingerprint density at radius 3 is 2.77 bits per heavy atom. The summed E-state index contributed by atoms with van der Waals surface area (Å²) in [5, 5.41) is 3.50. The van der Waals surface area contributed by atoms with E-state index in [1.54, 1.807) is 0 Å². The van der Waals surface area contributed by atoms with E-state index in [4.69, 9.17) is 4.98 Å². The van der Waals surface area contributed by atoms with Crippen LogP contribution in [0.1, 0.15) is 53.8 Å². The topological polar surface area (TPSA) is 49.6 Å². The number of imidazole rings is 1. The van der Waals surface area contributed by atoms with E-state index in [2.05, 4.69) is 35.0 Å². The summed E-state index contributed by atoms with van der Waals surface area (Å²) in [6, 6.07) is 4.13. The molecule has 0 aliphatic carbocycles. The Labute approximate surface area is 160 Å². The number of carbonyl (C=O) groups excluding carboxylic acids is 1. The summed E-state index contributed by atoms with van der Waals surface area (Å²) >= 11 is 1.86. The van der Waals surface area contributed by atoms with Crippen molar-refractivity contribution < 1.29 is 4.79 Å². The van der Waals surface area contributed by atoms with Crippen molar-refractivity contribution in [3.05, 3.63) is 35.3 Å². The highest BCUT2D eigenvalue weighted by atomic mass is 32.2. The monoisotopic (exact) mass is 374 g/mol. The maximum Gasteiger partial charge on any atom is 0.274 e. The number of hydrogen-bond acceptors (Lipinski definition) is 4. The van der Waals surface area contributed by atoms with Crippen molar-refractivity contribution in [2.75, 3.05) is 31.6 Å². The molecule has 0 atom stereocenters. The molecule has 1 aliphatic heterocycles. The molecule has 0 aromatic carbocycles. The Bertz CT molecular complexity index is 735. The van der Waals surface area contributed by atoms with Gasteiger partial charge >= 0.3 is 0 Å². The maximum atomic E-state index is 13.2. The first kappa shape index (κ1) is 19.2. The molecule has 3 heterocycles. The van der Waals surface area contributed by atoms with Crippen LogP contribution in [0.3, 0.4) is 0 Å². The Hall–Kier alpha value is -1.53. The third kappa shape index (κ3) is 4.60. The van der Waals surface area contributed by atoms with Crippen molar-refractivity contribution in [1.29, 1.82) is 0 Å². The van der Waals surface area contributed by atoms with Gasteiger partial charge in [0.2, 0.25) is 0 Å². The second kappa shape index (κ2) is 9.42. The third-order valence-electron chi connectivity index (χ3n) is 4.97. The molecule has 2 aromatic heterocycles. The number of likely N-dealkylation sites (tertiary alicyclic amines) is 1. The van der Waals surface area contributed by atoms with E-state index in [0.29, 0.717) is 12.2 Å². The molecule has 1 aliphatic rings. The molecule has 0 spiro atoms. The van der Waals surface area contributed by atoms with Gasteiger partial charge in [-0.25, -0.2) is 4.98 Å². The molecular formula is C20H30N4OS. The minimum Gasteiger partial charge on any atom is -0.337 e. The van der Waals surface area contributed by atoms with Crippen LogP contribution in [0.4, 0.5) is 0 Å². The van der Waals surface area contributed by atoms with Crippen LogP contribution in [0.2, 0.25) is 0 Å². The number of hydrogen-bond donors (Lipinski definition) is 1. The van der Waals surface area contributed by atoms with Crippen molar-refractivity contribution in [1.82, 2.24) is 19.6 Å². The quantitative estimate of drug-likeness (QED) is 0.754. The van der Waals surface area contributed by atoms with Gasteiger partial charge in [0, 0.05) is 25.8 Å². The number of pyridine rings is 1. The van der Waals surface area contributed by atoms with Crippen LogP contribution < -0.4 is 5.32 Å². The number of carbonyl (C=O) groups is 1. The van der Waals surface area contributed by atoms with E-state index in [1.165, 1.54) is 12.8 Å². The van der Waals surface area contributed by atoms with Gasteiger partial charge in [-0.15, -0.1) is 0 Å². The summed E-state index contributed by atoms with van der Waals surface area (Å²) < 4.78 is 2.07. The first-order chi connectivity index (χ1) is 12.7. The fourth-order valence-corrected chi connectivity index (χ4v) is 3.94. The summed E-state index contributed by atoms with van der Waals surface area (Å²) in [5.41, 5.74) is 3.63. The van der Waals surface area contributed by atoms with Crippen LogP contribution in [0.5, 0.6) is 0 Å². The van der Waals surface area contributed by atoms with E-state index >= 15 is 0 Å². The molecule has 1 amide bonds. The summed E-state index contributed by atoms with van der Waals surface area (Å²) in [6.45, 7) is 5.40. The van der Waals surface area contributed by atoms with Gasteiger partial charge in [-0.2, -0.15) is 11.8 Å². The van der Waals surface area contributed by atoms with E-state index in [-0.39, 0.29) is 5.91 Å². The minimum atomic E-state index is 0.0918. The van der Waals surface area contributed by atoms with Crippen molar-refractivity contribution in [2.45, 2.75) is 45.6 Å². The molecular weight excluding hydrogens is 344 g/mol. The van der Waals surface area contributed by atoms with E-state index in [0.717, 1.165) is 61.6 Å². The van der Waals surface area contributed by atoms with Gasteiger partial charge in [-0.05, 0) is 62.4 Å². The lowest BCUT2D eigenvalue weighted by atomic mass is 10.2. The summed E-state index contributed by atoms with van der Waals surface area (Å²) in [4.78, 5) is 19.9. The van der Waals surface area contributed by atoms with Crippen LogP contribution in [-0.4, -0.2) is 51.8 Å². The van der Waals surface area contributed by atoms with Crippen LogP contribution in [0.15, 0.2) is 18.3 Å². The zero-order valence-electron chi connectivity index (χ0n) is 16.0. The molecule has 26 heavy (non-hydrogen) atoms. The van der Waals surface area contributed by atoms with E-state index in [9.17, 15) is 4.79 Å². The molecule has 2 aromatic rings. The van der Waals surface area contributed by atoms with Gasteiger partial charge in [0.15, 0.2) is 5.69 Å². The number of fused-ring (bicyclic) bond motifs is 1.